The first-order valence-electron chi connectivity index (χ1n) is 16.8. The molecular formula is C39H42N8O5. The quantitative estimate of drug-likeness (QED) is 0.0527. The fraction of sp³-hybridized carbons (Fsp3) is 0.205. The number of amides is 1. The zero-order chi connectivity index (χ0) is 36.4. The van der Waals surface area contributed by atoms with Crippen molar-refractivity contribution in [2.24, 2.45) is 0 Å². The Balaban J connectivity index is 1.10. The molecule has 0 bridgehead atoms. The Morgan fingerprint density at radius 3 is 1.83 bits per heavy atom. The molecule has 0 saturated heterocycles. The third-order valence-electron chi connectivity index (χ3n) is 7.59. The number of hydrogen-bond acceptors (Lipinski definition) is 11. The van der Waals surface area contributed by atoms with E-state index in [-0.39, 0.29) is 11.5 Å². The molecule has 1 amide bonds. The second kappa shape index (κ2) is 19.8. The van der Waals surface area contributed by atoms with Crippen LogP contribution in [0.15, 0.2) is 116 Å². The number of carboxylic acid groups (broad SMARTS) is 1. The van der Waals surface area contributed by atoms with Crippen molar-refractivity contribution in [3.63, 3.8) is 0 Å². The predicted molar refractivity (Wildman–Crippen MR) is 201 cm³/mol. The van der Waals surface area contributed by atoms with E-state index in [4.69, 9.17) is 9.47 Å². The van der Waals surface area contributed by atoms with Gasteiger partial charge >= 0.3 is 5.97 Å². The lowest BCUT2D eigenvalue weighted by atomic mass is 10.1. The number of anilines is 4. The highest BCUT2D eigenvalue weighted by Crippen LogP contribution is 2.19. The van der Waals surface area contributed by atoms with Crippen LogP contribution in [0.1, 0.15) is 37.4 Å². The summed E-state index contributed by atoms with van der Waals surface area (Å²) in [5, 5.41) is 25.0. The molecule has 4 aromatic carbocycles. The lowest BCUT2D eigenvalue weighted by Gasteiger charge is -2.13. The summed E-state index contributed by atoms with van der Waals surface area (Å²) in [6.07, 6.45) is 0. The Bertz CT molecular complexity index is 1880. The minimum atomic E-state index is -0.981. The van der Waals surface area contributed by atoms with Gasteiger partial charge in [-0.3, -0.25) is 4.79 Å². The fourth-order valence-electron chi connectivity index (χ4n) is 4.81. The number of carboxylic acids is 1. The molecule has 1 heterocycles. The van der Waals surface area contributed by atoms with Gasteiger partial charge in [0.2, 0.25) is 17.8 Å². The van der Waals surface area contributed by atoms with Crippen molar-refractivity contribution < 1.29 is 24.2 Å². The monoisotopic (exact) mass is 702 g/mol. The van der Waals surface area contributed by atoms with Gasteiger partial charge in [0.25, 0.3) is 5.91 Å². The van der Waals surface area contributed by atoms with Crippen LogP contribution in [0.3, 0.4) is 0 Å². The van der Waals surface area contributed by atoms with Crippen LogP contribution in [0, 0.1) is 0 Å². The van der Waals surface area contributed by atoms with E-state index in [0.29, 0.717) is 76.0 Å². The van der Waals surface area contributed by atoms with E-state index < -0.39 is 5.97 Å². The van der Waals surface area contributed by atoms with E-state index in [9.17, 15) is 14.7 Å². The van der Waals surface area contributed by atoms with Crippen LogP contribution >= 0.6 is 0 Å². The van der Waals surface area contributed by atoms with E-state index in [1.165, 1.54) is 5.56 Å². The van der Waals surface area contributed by atoms with E-state index in [2.05, 4.69) is 60.2 Å². The van der Waals surface area contributed by atoms with Gasteiger partial charge in [0.1, 0.15) is 0 Å². The highest BCUT2D eigenvalue weighted by atomic mass is 16.5. The van der Waals surface area contributed by atoms with Gasteiger partial charge in [-0.15, -0.1) is 0 Å². The van der Waals surface area contributed by atoms with Crippen molar-refractivity contribution in [3.05, 3.63) is 144 Å². The topological polar surface area (TPSA) is 172 Å². The molecular weight excluding hydrogens is 660 g/mol. The van der Waals surface area contributed by atoms with Crippen LogP contribution in [0.5, 0.6) is 0 Å². The molecule has 5 aromatic rings. The van der Waals surface area contributed by atoms with E-state index in [1.54, 1.807) is 36.4 Å². The molecule has 0 atom stereocenters. The van der Waals surface area contributed by atoms with Gasteiger partial charge < -0.3 is 41.2 Å². The number of benzene rings is 4. The normalized spacial score (nSPS) is 10.6. The molecule has 52 heavy (non-hydrogen) atoms. The van der Waals surface area contributed by atoms with Crippen molar-refractivity contribution in [1.29, 1.82) is 0 Å². The summed E-state index contributed by atoms with van der Waals surface area (Å²) in [7, 11) is 0. The second-order valence-electron chi connectivity index (χ2n) is 11.5. The number of aromatic nitrogens is 3. The number of hydrogen-bond donors (Lipinski definition) is 6. The van der Waals surface area contributed by atoms with Crippen LogP contribution in [-0.4, -0.2) is 71.5 Å². The summed E-state index contributed by atoms with van der Waals surface area (Å²) in [6, 6.07) is 33.5. The molecule has 0 unspecified atom stereocenters. The molecule has 0 aliphatic carbocycles. The number of carbonyl (C=O) groups is 2. The van der Waals surface area contributed by atoms with Crippen LogP contribution in [0.4, 0.5) is 23.5 Å². The number of nitrogens with one attached hydrogen (secondary N) is 5. The SMILES string of the molecule is C=C(NCc1ccccc1)c1ccc(Nc2nc(NCCOCCOCCNC(=O)c3ccccc3)nc(NCc3ccc(C(=O)O)cc3)n2)cc1. The Morgan fingerprint density at radius 2 is 1.15 bits per heavy atom. The van der Waals surface area contributed by atoms with Crippen molar-refractivity contribution in [2.45, 2.75) is 13.1 Å². The van der Waals surface area contributed by atoms with Gasteiger partial charge in [-0.25, -0.2) is 4.79 Å². The summed E-state index contributed by atoms with van der Waals surface area (Å²) in [5.74, 6) is -0.131. The van der Waals surface area contributed by atoms with Crippen molar-refractivity contribution in [2.75, 3.05) is 55.5 Å². The molecule has 1 aromatic heterocycles. The van der Waals surface area contributed by atoms with Crippen molar-refractivity contribution in [3.8, 4) is 0 Å². The Kier molecular flexibility index (Phi) is 14.1. The van der Waals surface area contributed by atoms with E-state index in [1.807, 2.05) is 60.7 Å². The molecule has 0 aliphatic rings. The lowest BCUT2D eigenvalue weighted by Crippen LogP contribution is -2.27. The molecule has 13 nitrogen and oxygen atoms in total. The van der Waals surface area contributed by atoms with Gasteiger partial charge in [0.05, 0.1) is 32.0 Å². The molecule has 0 spiro atoms. The summed E-state index contributed by atoms with van der Waals surface area (Å²) in [5.41, 5.74) is 5.39. The third kappa shape index (κ3) is 12.2. The average Bonchev–Trinajstić information content (AvgIpc) is 3.18. The predicted octanol–water partition coefficient (Wildman–Crippen LogP) is 5.56. The largest absolute Gasteiger partial charge is 0.478 e. The Labute approximate surface area is 302 Å². The van der Waals surface area contributed by atoms with Crippen LogP contribution in [0.25, 0.3) is 5.70 Å². The van der Waals surface area contributed by atoms with Crippen LogP contribution < -0.4 is 26.6 Å². The maximum absolute atomic E-state index is 12.1. The number of aromatic carboxylic acids is 1. The van der Waals surface area contributed by atoms with Crippen molar-refractivity contribution >= 4 is 41.1 Å². The molecule has 0 radical (unpaired) electrons. The molecule has 5 rings (SSSR count). The van der Waals surface area contributed by atoms with Crippen LogP contribution in [-0.2, 0) is 22.6 Å². The standard InChI is InChI=1S/C39H42N8O5/c1-28(42-26-29-8-4-2-5-9-29)31-16-18-34(19-17-31)44-39-46-37(45-38(47-39)43-27-30-12-14-33(15-13-30)36(49)50)41-21-23-52-25-24-51-22-20-40-35(48)32-10-6-3-7-11-32/h2-19,42H,1,20-27H2,(H,40,48)(H,49,50)(H3,41,43,44,45,46,47). The lowest BCUT2D eigenvalue weighted by molar-refractivity contribution is 0.0519. The van der Waals surface area contributed by atoms with Crippen molar-refractivity contribution in [1.82, 2.24) is 25.6 Å². The van der Waals surface area contributed by atoms with Gasteiger partial charge in [-0.1, -0.05) is 79.4 Å². The number of nitrogens with zero attached hydrogens (tertiary/aromatic N) is 3. The molecule has 6 N–H and O–H groups in total. The number of carbonyl (C=O) groups excluding carboxylic acids is 1. The maximum Gasteiger partial charge on any atom is 0.335 e. The summed E-state index contributed by atoms with van der Waals surface area (Å²) in [4.78, 5) is 36.9. The minimum absolute atomic E-state index is 0.136. The zero-order valence-electron chi connectivity index (χ0n) is 28.7. The highest BCUT2D eigenvalue weighted by Gasteiger charge is 2.09. The Hall–Kier alpha value is -6.31. The van der Waals surface area contributed by atoms with E-state index in [0.717, 1.165) is 22.5 Å². The maximum atomic E-state index is 12.1. The minimum Gasteiger partial charge on any atom is -0.478 e. The number of rotatable bonds is 21. The third-order valence-corrected chi connectivity index (χ3v) is 7.59. The smallest absolute Gasteiger partial charge is 0.335 e. The van der Waals surface area contributed by atoms with Gasteiger partial charge in [-0.05, 0) is 53.1 Å². The second-order valence-corrected chi connectivity index (χ2v) is 11.5. The molecule has 0 fully saturated rings. The van der Waals surface area contributed by atoms with Gasteiger partial charge in [-0.2, -0.15) is 15.0 Å². The molecule has 0 saturated carbocycles. The van der Waals surface area contributed by atoms with Gasteiger partial charge in [0, 0.05) is 43.1 Å². The molecule has 0 aliphatic heterocycles. The first-order valence-corrected chi connectivity index (χ1v) is 16.8. The molecule has 268 valence electrons. The van der Waals surface area contributed by atoms with Crippen LogP contribution in [0.2, 0.25) is 0 Å². The average molecular weight is 703 g/mol. The summed E-state index contributed by atoms with van der Waals surface area (Å²) < 4.78 is 11.2. The first-order chi connectivity index (χ1) is 25.4. The first kappa shape index (κ1) is 37.0. The Morgan fingerprint density at radius 1 is 0.577 bits per heavy atom. The summed E-state index contributed by atoms with van der Waals surface area (Å²) in [6.45, 7) is 7.58. The highest BCUT2D eigenvalue weighted by molar-refractivity contribution is 5.94. The zero-order valence-corrected chi connectivity index (χ0v) is 28.7. The molecule has 13 heteroatoms. The van der Waals surface area contributed by atoms with E-state index >= 15 is 0 Å². The summed E-state index contributed by atoms with van der Waals surface area (Å²) >= 11 is 0. The van der Waals surface area contributed by atoms with Gasteiger partial charge in [0.15, 0.2) is 0 Å². The fourth-order valence-corrected chi connectivity index (χ4v) is 4.81. The number of ether oxygens (including phenoxy) is 2.